The lowest BCUT2D eigenvalue weighted by molar-refractivity contribution is -0.137. The smallest absolute Gasteiger partial charge is 0.382 e. The first-order chi connectivity index (χ1) is 10.6. The van der Waals surface area contributed by atoms with Crippen molar-refractivity contribution < 1.29 is 23.1 Å². The van der Waals surface area contributed by atoms with Crippen LogP contribution in [-0.4, -0.2) is 21.5 Å². The number of nitrogens with zero attached hydrogens (tertiary/aromatic N) is 1. The highest BCUT2D eigenvalue weighted by molar-refractivity contribution is 7.18. The van der Waals surface area contributed by atoms with Gasteiger partial charge in [-0.05, 0) is 56.4 Å². The number of alkyl halides is 3. The molecule has 0 saturated carbocycles. The van der Waals surface area contributed by atoms with Crippen molar-refractivity contribution >= 4 is 27.3 Å². The quantitative estimate of drug-likeness (QED) is 0.786. The maximum absolute atomic E-state index is 12.3. The van der Waals surface area contributed by atoms with Gasteiger partial charge in [0.25, 0.3) is 0 Å². The first kappa shape index (κ1) is 17.4. The number of thiazole rings is 1. The molecule has 1 aliphatic carbocycles. The molecule has 0 unspecified atom stereocenters. The number of hydrogen-bond donors (Lipinski definition) is 1. The third-order valence-electron chi connectivity index (χ3n) is 2.99. The Hall–Kier alpha value is -1.99. The fourth-order valence-electron chi connectivity index (χ4n) is 1.83. The van der Waals surface area contributed by atoms with Gasteiger partial charge in [-0.25, -0.2) is 4.98 Å². The number of rotatable bonds is 0. The van der Waals surface area contributed by atoms with Crippen LogP contribution in [0, 0.1) is 6.92 Å². The third kappa shape index (κ3) is 4.74. The van der Waals surface area contributed by atoms with Crippen molar-refractivity contribution in [2.45, 2.75) is 25.6 Å². The Bertz CT molecular complexity index is 770. The number of benzene rings is 1. The number of aryl methyl sites for hydroxylation is 1. The summed E-state index contributed by atoms with van der Waals surface area (Å²) in [6.45, 7) is 3.39. The third-order valence-corrected chi connectivity index (χ3v) is 3.94. The fraction of sp³-hybridized carbons (Fsp3) is 0.250. The molecule has 0 atom stereocenters. The molecule has 2 aromatic rings. The van der Waals surface area contributed by atoms with E-state index in [0.717, 1.165) is 21.8 Å². The van der Waals surface area contributed by atoms with E-state index in [0.29, 0.717) is 5.52 Å². The van der Waals surface area contributed by atoms with Gasteiger partial charge in [0.05, 0.1) is 26.4 Å². The molecule has 0 fully saturated rings. The summed E-state index contributed by atoms with van der Waals surface area (Å²) in [6.07, 6.45) is 1.37. The Morgan fingerprint density at radius 2 is 1.83 bits per heavy atom. The molecule has 1 N–H and O–H groups in total. The summed E-state index contributed by atoms with van der Waals surface area (Å²) < 4.78 is 37.7. The number of fused-ring (bicyclic) bond motifs is 1. The Labute approximate surface area is 134 Å². The van der Waals surface area contributed by atoms with Crippen LogP contribution in [0.25, 0.3) is 10.2 Å². The van der Waals surface area contributed by atoms with Crippen molar-refractivity contribution in [1.29, 1.82) is 0 Å². The van der Waals surface area contributed by atoms with Crippen LogP contribution in [0.4, 0.5) is 13.2 Å². The Kier molecular flexibility index (Phi) is 4.72. The van der Waals surface area contributed by atoms with Gasteiger partial charge in [-0.2, -0.15) is 13.2 Å². The molecule has 122 valence electrons. The van der Waals surface area contributed by atoms with E-state index in [1.54, 1.807) is 13.8 Å². The normalized spacial score (nSPS) is 16.3. The van der Waals surface area contributed by atoms with Gasteiger partial charge in [0.1, 0.15) is 0 Å². The second-order valence-electron chi connectivity index (χ2n) is 5.21. The summed E-state index contributed by atoms with van der Waals surface area (Å²) in [4.78, 5) is 14.5. The number of carbonyl (C=O) groups is 1. The van der Waals surface area contributed by atoms with Gasteiger partial charge >= 0.3 is 6.18 Å². The highest BCUT2D eigenvalue weighted by Gasteiger charge is 2.30. The summed E-state index contributed by atoms with van der Waals surface area (Å²) in [5, 5.41) is 9.94. The van der Waals surface area contributed by atoms with Crippen molar-refractivity contribution in [2.75, 3.05) is 0 Å². The minimum absolute atomic E-state index is 0.0680. The van der Waals surface area contributed by atoms with Crippen molar-refractivity contribution in [1.82, 2.24) is 4.98 Å². The van der Waals surface area contributed by atoms with E-state index in [4.69, 9.17) is 5.11 Å². The maximum Gasteiger partial charge on any atom is 0.416 e. The molecule has 1 aromatic heterocycles. The van der Waals surface area contributed by atoms with Crippen molar-refractivity contribution in [3.63, 3.8) is 0 Å². The summed E-state index contributed by atoms with van der Waals surface area (Å²) in [7, 11) is 0. The van der Waals surface area contributed by atoms with Crippen LogP contribution in [0.2, 0.25) is 0 Å². The average Bonchev–Trinajstić information content (AvgIpc) is 2.81. The molecule has 3 rings (SSSR count). The molecule has 0 bridgehead atoms. The lowest BCUT2D eigenvalue weighted by atomic mass is 10.0. The number of ketones is 1. The van der Waals surface area contributed by atoms with Gasteiger partial charge in [0, 0.05) is 0 Å². The predicted octanol–water partition coefficient (Wildman–Crippen LogP) is 4.06. The van der Waals surface area contributed by atoms with Gasteiger partial charge in [0.15, 0.2) is 5.78 Å². The Balaban J connectivity index is 0.000000185. The molecule has 7 heteroatoms. The van der Waals surface area contributed by atoms with Gasteiger partial charge in [-0.15, -0.1) is 11.3 Å². The summed E-state index contributed by atoms with van der Waals surface area (Å²) in [6, 6.07) is 3.63. The molecular formula is C16H14F3NO2S. The fourth-order valence-corrected chi connectivity index (χ4v) is 2.64. The molecule has 1 heterocycles. The predicted molar refractivity (Wildman–Crippen MR) is 83.3 cm³/mol. The lowest BCUT2D eigenvalue weighted by Gasteiger charge is -2.14. The van der Waals surface area contributed by atoms with Crippen LogP contribution >= 0.6 is 11.3 Å². The number of aromatic nitrogens is 1. The van der Waals surface area contributed by atoms with Crippen molar-refractivity contribution in [2.24, 2.45) is 0 Å². The Morgan fingerprint density at radius 1 is 1.22 bits per heavy atom. The molecule has 3 nitrogen and oxygen atoms in total. The summed E-state index contributed by atoms with van der Waals surface area (Å²) in [5.74, 6) is -0.0680. The van der Waals surface area contributed by atoms with Crippen LogP contribution in [0.1, 0.15) is 17.5 Å². The van der Waals surface area contributed by atoms with E-state index in [1.807, 2.05) is 0 Å². The molecular weight excluding hydrogens is 327 g/mol. The molecule has 0 saturated heterocycles. The highest BCUT2D eigenvalue weighted by atomic mass is 32.1. The second kappa shape index (κ2) is 6.25. The van der Waals surface area contributed by atoms with Crippen LogP contribution in [0.5, 0.6) is 0 Å². The number of halogens is 3. The Morgan fingerprint density at radius 3 is 2.35 bits per heavy atom. The van der Waals surface area contributed by atoms with Gasteiger partial charge in [0.2, 0.25) is 0 Å². The van der Waals surface area contributed by atoms with Crippen LogP contribution in [0.3, 0.4) is 0 Å². The molecule has 0 aliphatic heterocycles. The largest absolute Gasteiger partial charge is 0.416 e. The number of aliphatic hydroxyl groups is 1. The van der Waals surface area contributed by atoms with E-state index in [2.05, 4.69) is 4.98 Å². The second-order valence-corrected chi connectivity index (χ2v) is 6.44. The van der Waals surface area contributed by atoms with Crippen molar-refractivity contribution in [3.05, 3.63) is 53.1 Å². The van der Waals surface area contributed by atoms with E-state index >= 15 is 0 Å². The molecule has 0 amide bonds. The highest BCUT2D eigenvalue weighted by Crippen LogP contribution is 2.32. The maximum atomic E-state index is 12.3. The van der Waals surface area contributed by atoms with E-state index in [9.17, 15) is 18.0 Å². The minimum Gasteiger partial charge on any atom is -0.382 e. The van der Waals surface area contributed by atoms with Crippen LogP contribution in [0.15, 0.2) is 42.5 Å². The van der Waals surface area contributed by atoms with Gasteiger partial charge < -0.3 is 5.11 Å². The molecule has 0 spiro atoms. The monoisotopic (exact) mass is 341 g/mol. The zero-order chi connectivity index (χ0) is 17.3. The van der Waals surface area contributed by atoms with E-state index in [1.165, 1.54) is 41.7 Å². The van der Waals surface area contributed by atoms with Crippen LogP contribution < -0.4 is 0 Å². The SMILES string of the molecule is CC1(O)C=CC(=O)C=C1.Cc1nc2cc(C(F)(F)F)ccc2s1. The molecule has 23 heavy (non-hydrogen) atoms. The molecule has 0 radical (unpaired) electrons. The number of carbonyl (C=O) groups excluding carboxylic acids is 1. The first-order valence-corrected chi connectivity index (χ1v) is 7.48. The first-order valence-electron chi connectivity index (χ1n) is 6.66. The standard InChI is InChI=1S/C9H6F3NS.C7H8O2/c1-5-13-7-4-6(9(10,11)12)2-3-8(7)14-5;1-7(9)4-2-6(8)3-5-7/h2-4H,1H3;2-5,9H,1H3. The summed E-state index contributed by atoms with van der Waals surface area (Å²) >= 11 is 1.39. The zero-order valence-electron chi connectivity index (χ0n) is 12.4. The minimum atomic E-state index is -4.29. The van der Waals surface area contributed by atoms with Crippen molar-refractivity contribution in [3.8, 4) is 0 Å². The van der Waals surface area contributed by atoms with E-state index in [-0.39, 0.29) is 5.78 Å². The van der Waals surface area contributed by atoms with E-state index < -0.39 is 17.3 Å². The molecule has 1 aromatic carbocycles. The topological polar surface area (TPSA) is 50.2 Å². The average molecular weight is 341 g/mol. The van der Waals surface area contributed by atoms with Gasteiger partial charge in [-0.3, -0.25) is 4.79 Å². The summed E-state index contributed by atoms with van der Waals surface area (Å²) in [5.41, 5.74) is -1.15. The number of allylic oxidation sites excluding steroid dienone is 2. The van der Waals surface area contributed by atoms with Crippen LogP contribution in [-0.2, 0) is 11.0 Å². The number of hydrogen-bond acceptors (Lipinski definition) is 4. The lowest BCUT2D eigenvalue weighted by Crippen LogP contribution is -2.20. The molecule has 1 aliphatic rings. The van der Waals surface area contributed by atoms with Gasteiger partial charge in [-0.1, -0.05) is 0 Å². The zero-order valence-corrected chi connectivity index (χ0v) is 13.2.